The van der Waals surface area contributed by atoms with Crippen LogP contribution < -0.4 is 15.9 Å². The summed E-state index contributed by atoms with van der Waals surface area (Å²) in [5, 5.41) is 24.2. The third kappa shape index (κ3) is 4.16. The van der Waals surface area contributed by atoms with Gasteiger partial charge in [0.15, 0.2) is 5.75 Å². The summed E-state index contributed by atoms with van der Waals surface area (Å²) in [5.74, 6) is -1.46. The Kier molecular flexibility index (Phi) is 5.07. The molecule has 11 heteroatoms. The summed E-state index contributed by atoms with van der Waals surface area (Å²) >= 11 is 0. The van der Waals surface area contributed by atoms with E-state index in [-0.39, 0.29) is 17.0 Å². The lowest BCUT2D eigenvalue weighted by Gasteiger charge is -2.05. The number of hydrazone groups is 1. The Morgan fingerprint density at radius 3 is 2.80 bits per heavy atom. The second-order valence-electron chi connectivity index (χ2n) is 4.80. The van der Waals surface area contributed by atoms with Crippen molar-refractivity contribution in [2.75, 3.05) is 7.11 Å². The SMILES string of the molecule is COc1cc(/C=N/NC(=O)c2cc(C)[nH]c(=O)n2)cc([N+](=O)[O-])c1O. The molecule has 130 valence electrons. The fourth-order valence-electron chi connectivity index (χ4n) is 1.90. The van der Waals surface area contributed by atoms with Gasteiger partial charge in [0.2, 0.25) is 5.75 Å². The van der Waals surface area contributed by atoms with Gasteiger partial charge >= 0.3 is 11.4 Å². The van der Waals surface area contributed by atoms with Gasteiger partial charge in [-0.05, 0) is 19.1 Å². The molecule has 0 saturated carbocycles. The highest BCUT2D eigenvalue weighted by molar-refractivity contribution is 5.93. The van der Waals surface area contributed by atoms with Gasteiger partial charge in [-0.1, -0.05) is 0 Å². The van der Waals surface area contributed by atoms with Crippen molar-refractivity contribution in [3.8, 4) is 11.5 Å². The summed E-state index contributed by atoms with van der Waals surface area (Å²) in [6, 6.07) is 3.72. The molecule has 0 atom stereocenters. The second-order valence-corrected chi connectivity index (χ2v) is 4.80. The number of carbonyl (C=O) groups excluding carboxylic acids is 1. The van der Waals surface area contributed by atoms with Gasteiger partial charge in [0.25, 0.3) is 5.91 Å². The number of aromatic amines is 1. The normalized spacial score (nSPS) is 10.6. The third-order valence-electron chi connectivity index (χ3n) is 2.99. The Morgan fingerprint density at radius 2 is 2.20 bits per heavy atom. The van der Waals surface area contributed by atoms with E-state index in [1.807, 2.05) is 0 Å². The highest BCUT2D eigenvalue weighted by atomic mass is 16.6. The van der Waals surface area contributed by atoms with Crippen LogP contribution in [0.25, 0.3) is 0 Å². The number of amides is 1. The number of hydrogen-bond acceptors (Lipinski definition) is 8. The molecule has 1 aromatic heterocycles. The molecule has 1 aromatic carbocycles. The van der Waals surface area contributed by atoms with E-state index in [1.54, 1.807) is 6.92 Å². The first-order chi connectivity index (χ1) is 11.8. The minimum atomic E-state index is -0.781. The van der Waals surface area contributed by atoms with Crippen molar-refractivity contribution < 1.29 is 19.6 Å². The number of carbonyl (C=O) groups is 1. The maximum Gasteiger partial charge on any atom is 0.345 e. The van der Waals surface area contributed by atoms with E-state index in [1.165, 1.54) is 19.2 Å². The summed E-state index contributed by atoms with van der Waals surface area (Å²) in [6.45, 7) is 1.59. The maximum atomic E-state index is 11.9. The minimum absolute atomic E-state index is 0.117. The zero-order valence-corrected chi connectivity index (χ0v) is 13.1. The zero-order valence-electron chi connectivity index (χ0n) is 13.1. The number of aromatic nitrogens is 2. The molecule has 11 nitrogen and oxygen atoms in total. The summed E-state index contributed by atoms with van der Waals surface area (Å²) in [6.07, 6.45) is 1.12. The topological polar surface area (TPSA) is 160 Å². The predicted octanol–water partition coefficient (Wildman–Crippen LogP) is 0.465. The number of phenols is 1. The van der Waals surface area contributed by atoms with E-state index < -0.39 is 28.0 Å². The van der Waals surface area contributed by atoms with Crippen molar-refractivity contribution in [3.63, 3.8) is 0 Å². The zero-order chi connectivity index (χ0) is 18.6. The Labute approximate surface area is 140 Å². The number of ether oxygens (including phenoxy) is 1. The van der Waals surface area contributed by atoms with Crippen LogP contribution in [0.4, 0.5) is 5.69 Å². The van der Waals surface area contributed by atoms with E-state index in [4.69, 9.17) is 4.74 Å². The average molecular weight is 347 g/mol. The monoisotopic (exact) mass is 347 g/mol. The van der Waals surface area contributed by atoms with E-state index >= 15 is 0 Å². The lowest BCUT2D eigenvalue weighted by atomic mass is 10.2. The predicted molar refractivity (Wildman–Crippen MR) is 86.0 cm³/mol. The Balaban J connectivity index is 2.21. The molecule has 0 fully saturated rings. The highest BCUT2D eigenvalue weighted by Gasteiger charge is 2.19. The first-order valence-corrected chi connectivity index (χ1v) is 6.78. The number of benzene rings is 1. The molecular weight excluding hydrogens is 334 g/mol. The molecule has 0 aliphatic heterocycles. The minimum Gasteiger partial charge on any atom is -0.500 e. The van der Waals surface area contributed by atoms with Crippen LogP contribution in [-0.2, 0) is 0 Å². The highest BCUT2D eigenvalue weighted by Crippen LogP contribution is 2.36. The van der Waals surface area contributed by atoms with E-state index in [0.717, 1.165) is 12.3 Å². The number of nitrogens with zero attached hydrogens (tertiary/aromatic N) is 3. The van der Waals surface area contributed by atoms with Gasteiger partial charge in [-0.15, -0.1) is 0 Å². The van der Waals surface area contributed by atoms with Crippen molar-refractivity contribution in [1.29, 1.82) is 0 Å². The van der Waals surface area contributed by atoms with Gasteiger partial charge in [0, 0.05) is 17.3 Å². The van der Waals surface area contributed by atoms with Crippen LogP contribution in [0.3, 0.4) is 0 Å². The largest absolute Gasteiger partial charge is 0.500 e. The van der Waals surface area contributed by atoms with Gasteiger partial charge in [-0.2, -0.15) is 10.1 Å². The molecule has 2 aromatic rings. The van der Waals surface area contributed by atoms with E-state index in [0.29, 0.717) is 5.69 Å². The van der Waals surface area contributed by atoms with Crippen LogP contribution in [-0.4, -0.2) is 39.2 Å². The van der Waals surface area contributed by atoms with E-state index in [2.05, 4.69) is 20.5 Å². The van der Waals surface area contributed by atoms with Crippen LogP contribution in [0.5, 0.6) is 11.5 Å². The fraction of sp³-hybridized carbons (Fsp3) is 0.143. The first-order valence-electron chi connectivity index (χ1n) is 6.78. The molecule has 3 N–H and O–H groups in total. The van der Waals surface area contributed by atoms with Gasteiger partial charge < -0.3 is 14.8 Å². The summed E-state index contributed by atoms with van der Waals surface area (Å²) in [7, 11) is 1.24. The molecule has 1 heterocycles. The maximum absolute atomic E-state index is 11.9. The number of methoxy groups -OCH3 is 1. The van der Waals surface area contributed by atoms with Crippen molar-refractivity contribution >= 4 is 17.8 Å². The molecule has 0 aliphatic rings. The number of aromatic hydroxyl groups is 1. The standard InChI is InChI=1S/C14H13N5O6/c1-7-3-9(17-14(22)16-7)13(21)18-15-6-8-4-10(19(23)24)12(20)11(5-8)25-2/h3-6,20H,1-2H3,(H,18,21)(H,16,17,22)/b15-6+. The Bertz CT molecular complexity index is 920. The quantitative estimate of drug-likeness (QED) is 0.402. The van der Waals surface area contributed by atoms with Crippen molar-refractivity contribution in [2.45, 2.75) is 6.92 Å². The summed E-state index contributed by atoms with van der Waals surface area (Å²) in [5.41, 5.74) is 1.43. The number of aryl methyl sites for hydroxylation is 1. The number of nitro benzene ring substituents is 1. The molecule has 0 unspecified atom stereocenters. The van der Waals surface area contributed by atoms with Crippen LogP contribution in [0.2, 0.25) is 0 Å². The van der Waals surface area contributed by atoms with Crippen LogP contribution in [0.1, 0.15) is 21.7 Å². The Hall–Kier alpha value is -3.76. The van der Waals surface area contributed by atoms with Crippen LogP contribution in [0.15, 0.2) is 28.1 Å². The number of rotatable bonds is 5. The number of nitro groups is 1. The number of phenolic OH excluding ortho intramolecular Hbond substituents is 1. The van der Waals surface area contributed by atoms with Crippen molar-refractivity contribution in [3.05, 3.63) is 55.7 Å². The van der Waals surface area contributed by atoms with Gasteiger partial charge in [0.05, 0.1) is 18.2 Å². The van der Waals surface area contributed by atoms with Crippen molar-refractivity contribution in [2.24, 2.45) is 5.10 Å². The lowest BCUT2D eigenvalue weighted by molar-refractivity contribution is -0.386. The number of hydrogen-bond donors (Lipinski definition) is 3. The molecule has 2 rings (SSSR count). The Morgan fingerprint density at radius 1 is 1.48 bits per heavy atom. The molecule has 1 amide bonds. The average Bonchev–Trinajstić information content (AvgIpc) is 2.54. The molecule has 0 saturated heterocycles. The van der Waals surface area contributed by atoms with Crippen LogP contribution >= 0.6 is 0 Å². The number of nitrogens with one attached hydrogen (secondary N) is 2. The van der Waals surface area contributed by atoms with Crippen molar-refractivity contribution in [1.82, 2.24) is 15.4 Å². The lowest BCUT2D eigenvalue weighted by Crippen LogP contribution is -2.24. The van der Waals surface area contributed by atoms with Gasteiger partial charge in [-0.3, -0.25) is 14.9 Å². The van der Waals surface area contributed by atoms with Gasteiger partial charge in [-0.25, -0.2) is 10.2 Å². The molecule has 25 heavy (non-hydrogen) atoms. The molecule has 0 bridgehead atoms. The molecule has 0 radical (unpaired) electrons. The second kappa shape index (κ2) is 7.21. The molecule has 0 aliphatic carbocycles. The van der Waals surface area contributed by atoms with Gasteiger partial charge in [0.1, 0.15) is 5.69 Å². The molecular formula is C14H13N5O6. The van der Waals surface area contributed by atoms with E-state index in [9.17, 15) is 24.8 Å². The summed E-state index contributed by atoms with van der Waals surface area (Å²) in [4.78, 5) is 39.1. The van der Waals surface area contributed by atoms with Crippen LogP contribution in [0, 0.1) is 17.0 Å². The first kappa shape index (κ1) is 17.6. The number of H-pyrrole nitrogens is 1. The summed E-state index contributed by atoms with van der Waals surface area (Å²) < 4.78 is 4.85. The fourth-order valence-corrected chi connectivity index (χ4v) is 1.90. The molecule has 0 spiro atoms. The smallest absolute Gasteiger partial charge is 0.345 e. The third-order valence-corrected chi connectivity index (χ3v) is 2.99.